The van der Waals surface area contributed by atoms with Crippen LogP contribution in [0.4, 0.5) is 0 Å². The second-order valence-electron chi connectivity index (χ2n) is 3.09. The van der Waals surface area contributed by atoms with Gasteiger partial charge in [0.05, 0.1) is 6.10 Å². The molecule has 13 heavy (non-hydrogen) atoms. The SMILES string of the molecule is NC1=C[C@@](O)(C(=O)O)C[C@@H](O)[C@@H]1O. The molecule has 1 aliphatic carbocycles. The normalized spacial score (nSPS) is 39.8. The lowest BCUT2D eigenvalue weighted by Gasteiger charge is -2.31. The van der Waals surface area contributed by atoms with Crippen LogP contribution >= 0.6 is 0 Å². The van der Waals surface area contributed by atoms with Gasteiger partial charge in [0, 0.05) is 12.1 Å². The number of nitrogens with two attached hydrogens (primary N) is 1. The van der Waals surface area contributed by atoms with Crippen molar-refractivity contribution < 1.29 is 25.2 Å². The second kappa shape index (κ2) is 2.99. The van der Waals surface area contributed by atoms with Crippen molar-refractivity contribution in [1.82, 2.24) is 0 Å². The molecule has 0 heterocycles. The van der Waals surface area contributed by atoms with Crippen molar-refractivity contribution in [3.8, 4) is 0 Å². The molecule has 74 valence electrons. The fourth-order valence-corrected chi connectivity index (χ4v) is 1.22. The molecule has 0 aliphatic heterocycles. The lowest BCUT2D eigenvalue weighted by atomic mass is 9.86. The molecule has 0 fully saturated rings. The van der Waals surface area contributed by atoms with Crippen LogP contribution in [0.25, 0.3) is 0 Å². The Morgan fingerprint density at radius 1 is 1.62 bits per heavy atom. The highest BCUT2D eigenvalue weighted by Gasteiger charge is 2.42. The number of carbonyl (C=O) groups is 1. The maximum Gasteiger partial charge on any atom is 0.339 e. The van der Waals surface area contributed by atoms with E-state index in [9.17, 15) is 9.90 Å². The van der Waals surface area contributed by atoms with Crippen molar-refractivity contribution in [3.63, 3.8) is 0 Å². The first-order valence-electron chi connectivity index (χ1n) is 3.67. The van der Waals surface area contributed by atoms with Crippen LogP contribution < -0.4 is 5.73 Å². The Balaban J connectivity index is 3.00. The van der Waals surface area contributed by atoms with Gasteiger partial charge in [0.1, 0.15) is 6.10 Å². The van der Waals surface area contributed by atoms with Crippen LogP contribution in [0.5, 0.6) is 0 Å². The molecule has 1 aliphatic rings. The Labute approximate surface area is 73.9 Å². The van der Waals surface area contributed by atoms with Crippen molar-refractivity contribution in [1.29, 1.82) is 0 Å². The number of hydrogen-bond donors (Lipinski definition) is 5. The fourth-order valence-electron chi connectivity index (χ4n) is 1.22. The van der Waals surface area contributed by atoms with Gasteiger partial charge in [-0.05, 0) is 6.08 Å². The van der Waals surface area contributed by atoms with Gasteiger partial charge in [0.15, 0.2) is 5.60 Å². The van der Waals surface area contributed by atoms with E-state index in [-0.39, 0.29) is 5.70 Å². The highest BCUT2D eigenvalue weighted by Crippen LogP contribution is 2.25. The summed E-state index contributed by atoms with van der Waals surface area (Å²) in [7, 11) is 0. The molecule has 0 saturated carbocycles. The monoisotopic (exact) mass is 189 g/mol. The number of aliphatic hydroxyl groups is 3. The molecule has 0 radical (unpaired) electrons. The summed E-state index contributed by atoms with van der Waals surface area (Å²) in [6.45, 7) is 0. The first-order chi connectivity index (χ1) is 5.87. The van der Waals surface area contributed by atoms with Gasteiger partial charge in [-0.15, -0.1) is 0 Å². The topological polar surface area (TPSA) is 124 Å². The third kappa shape index (κ3) is 1.64. The number of carboxylic acid groups (broad SMARTS) is 1. The second-order valence-corrected chi connectivity index (χ2v) is 3.09. The lowest BCUT2D eigenvalue weighted by molar-refractivity contribution is -0.158. The van der Waals surface area contributed by atoms with Crippen molar-refractivity contribution in [2.75, 3.05) is 0 Å². The fraction of sp³-hybridized carbons (Fsp3) is 0.571. The van der Waals surface area contributed by atoms with Gasteiger partial charge in [-0.1, -0.05) is 0 Å². The van der Waals surface area contributed by atoms with Crippen molar-refractivity contribution in [3.05, 3.63) is 11.8 Å². The molecular weight excluding hydrogens is 178 g/mol. The Hall–Kier alpha value is -1.11. The molecule has 0 spiro atoms. The van der Waals surface area contributed by atoms with Gasteiger partial charge in [0.25, 0.3) is 0 Å². The van der Waals surface area contributed by atoms with Gasteiger partial charge in [0.2, 0.25) is 0 Å². The molecule has 0 bridgehead atoms. The molecule has 0 aromatic carbocycles. The average Bonchev–Trinajstić information content (AvgIpc) is 2.00. The van der Waals surface area contributed by atoms with Crippen LogP contribution in [0, 0.1) is 0 Å². The van der Waals surface area contributed by atoms with Crippen LogP contribution in [0.3, 0.4) is 0 Å². The number of carboxylic acids is 1. The molecule has 0 unspecified atom stereocenters. The highest BCUT2D eigenvalue weighted by atomic mass is 16.4. The zero-order valence-electron chi connectivity index (χ0n) is 6.71. The largest absolute Gasteiger partial charge is 0.479 e. The van der Waals surface area contributed by atoms with Crippen LogP contribution in [-0.2, 0) is 4.79 Å². The maximum absolute atomic E-state index is 10.5. The molecule has 0 amide bonds. The summed E-state index contributed by atoms with van der Waals surface area (Å²) >= 11 is 0. The van der Waals surface area contributed by atoms with Crippen LogP contribution in [0.15, 0.2) is 11.8 Å². The Bertz CT molecular complexity index is 264. The Morgan fingerprint density at radius 2 is 2.15 bits per heavy atom. The molecular formula is C7H11NO5. The van der Waals surface area contributed by atoms with E-state index >= 15 is 0 Å². The summed E-state index contributed by atoms with van der Waals surface area (Å²) in [6, 6.07) is 0. The summed E-state index contributed by atoms with van der Waals surface area (Å²) < 4.78 is 0. The summed E-state index contributed by atoms with van der Waals surface area (Å²) in [5.41, 5.74) is 2.80. The lowest BCUT2D eigenvalue weighted by Crippen LogP contribution is -2.49. The Kier molecular flexibility index (Phi) is 2.29. The molecule has 0 aromatic heterocycles. The summed E-state index contributed by atoms with van der Waals surface area (Å²) in [5.74, 6) is -1.50. The van der Waals surface area contributed by atoms with E-state index in [1.54, 1.807) is 0 Å². The third-order valence-electron chi connectivity index (χ3n) is 2.00. The smallest absolute Gasteiger partial charge is 0.339 e. The molecule has 6 N–H and O–H groups in total. The molecule has 6 heteroatoms. The van der Waals surface area contributed by atoms with Crippen molar-refractivity contribution in [2.45, 2.75) is 24.2 Å². The van der Waals surface area contributed by atoms with E-state index in [0.29, 0.717) is 0 Å². The van der Waals surface area contributed by atoms with E-state index in [1.165, 1.54) is 0 Å². The maximum atomic E-state index is 10.5. The van der Waals surface area contributed by atoms with Gasteiger partial charge >= 0.3 is 5.97 Å². The predicted octanol–water partition coefficient (Wildman–Crippen LogP) is -2.23. The van der Waals surface area contributed by atoms with Crippen LogP contribution in [-0.4, -0.2) is 44.2 Å². The van der Waals surface area contributed by atoms with Gasteiger partial charge in [-0.2, -0.15) is 0 Å². The van der Waals surface area contributed by atoms with Gasteiger partial charge in [-0.3, -0.25) is 0 Å². The first-order valence-corrected chi connectivity index (χ1v) is 3.67. The molecule has 1 rings (SSSR count). The molecule has 0 aromatic rings. The highest BCUT2D eigenvalue weighted by molar-refractivity contribution is 5.80. The summed E-state index contributed by atoms with van der Waals surface area (Å²) in [6.07, 6.45) is -2.29. The van der Waals surface area contributed by atoms with E-state index in [4.69, 9.17) is 21.1 Å². The van der Waals surface area contributed by atoms with E-state index < -0.39 is 30.2 Å². The minimum Gasteiger partial charge on any atom is -0.479 e. The summed E-state index contributed by atoms with van der Waals surface area (Å²) in [4.78, 5) is 10.5. The van der Waals surface area contributed by atoms with E-state index in [0.717, 1.165) is 6.08 Å². The zero-order chi connectivity index (χ0) is 10.2. The number of rotatable bonds is 1. The molecule has 6 nitrogen and oxygen atoms in total. The van der Waals surface area contributed by atoms with E-state index in [1.807, 2.05) is 0 Å². The number of aliphatic hydroxyl groups excluding tert-OH is 2. The van der Waals surface area contributed by atoms with Gasteiger partial charge in [-0.25, -0.2) is 4.79 Å². The average molecular weight is 189 g/mol. The molecule has 0 saturated heterocycles. The standard InChI is InChI=1S/C7H11NO5/c8-3-1-7(13,6(11)12)2-4(9)5(3)10/h1,4-5,9-10,13H,2,8H2,(H,11,12)/t4-,5-,7+/m1/s1. The predicted molar refractivity (Wildman–Crippen MR) is 41.5 cm³/mol. The van der Waals surface area contributed by atoms with E-state index in [2.05, 4.69) is 0 Å². The molecule has 3 atom stereocenters. The quantitative estimate of drug-likeness (QED) is 0.318. The minimum absolute atomic E-state index is 0.233. The zero-order valence-corrected chi connectivity index (χ0v) is 6.71. The summed E-state index contributed by atoms with van der Waals surface area (Å²) in [5, 5.41) is 36.2. The van der Waals surface area contributed by atoms with Crippen LogP contribution in [0.2, 0.25) is 0 Å². The van der Waals surface area contributed by atoms with Gasteiger partial charge < -0.3 is 26.2 Å². The Morgan fingerprint density at radius 3 is 2.54 bits per heavy atom. The third-order valence-corrected chi connectivity index (χ3v) is 2.00. The number of aliphatic carboxylic acids is 1. The van der Waals surface area contributed by atoms with Crippen molar-refractivity contribution >= 4 is 5.97 Å². The van der Waals surface area contributed by atoms with Crippen LogP contribution in [0.1, 0.15) is 6.42 Å². The minimum atomic E-state index is -2.18. The van der Waals surface area contributed by atoms with Crippen molar-refractivity contribution in [2.24, 2.45) is 5.73 Å². The first kappa shape index (κ1) is 9.97. The number of hydrogen-bond acceptors (Lipinski definition) is 5.